The van der Waals surface area contributed by atoms with Gasteiger partial charge in [-0.25, -0.2) is 0 Å². The summed E-state index contributed by atoms with van der Waals surface area (Å²) in [6.07, 6.45) is 2.66. The van der Waals surface area contributed by atoms with Crippen molar-refractivity contribution in [2.24, 2.45) is 10.9 Å². The molecule has 0 saturated carbocycles. The average Bonchev–Trinajstić information content (AvgIpc) is 2.69. The van der Waals surface area contributed by atoms with Gasteiger partial charge in [0.1, 0.15) is 12.4 Å². The lowest BCUT2D eigenvalue weighted by Crippen LogP contribution is -2.46. The molecular formula is C21H35IN4O2. The SMILES string of the molecule is CN=C(NCCOc1ccccc1C(C)C)N1CCC(CC(=O)NC)CC1.I. The summed E-state index contributed by atoms with van der Waals surface area (Å²) >= 11 is 0. The molecule has 0 bridgehead atoms. The van der Waals surface area contributed by atoms with Crippen LogP contribution in [0.15, 0.2) is 29.3 Å². The molecule has 1 saturated heterocycles. The molecule has 28 heavy (non-hydrogen) atoms. The average molecular weight is 502 g/mol. The van der Waals surface area contributed by atoms with Gasteiger partial charge in [-0.15, -0.1) is 24.0 Å². The lowest BCUT2D eigenvalue weighted by Gasteiger charge is -2.34. The Bertz CT molecular complexity index is 629. The molecule has 2 N–H and O–H groups in total. The number of carbonyl (C=O) groups excluding carboxylic acids is 1. The van der Waals surface area contributed by atoms with Gasteiger partial charge in [-0.2, -0.15) is 0 Å². The van der Waals surface area contributed by atoms with Crippen LogP contribution in [0.3, 0.4) is 0 Å². The summed E-state index contributed by atoms with van der Waals surface area (Å²) in [6.45, 7) is 7.51. The predicted molar refractivity (Wildman–Crippen MR) is 126 cm³/mol. The molecule has 158 valence electrons. The highest BCUT2D eigenvalue weighted by molar-refractivity contribution is 14.0. The molecule has 1 amide bonds. The Kier molecular flexibility index (Phi) is 11.3. The second kappa shape index (κ2) is 12.9. The van der Waals surface area contributed by atoms with E-state index in [0.29, 0.717) is 31.4 Å². The molecule has 1 aromatic carbocycles. The van der Waals surface area contributed by atoms with E-state index in [1.165, 1.54) is 5.56 Å². The van der Waals surface area contributed by atoms with Gasteiger partial charge in [0, 0.05) is 33.6 Å². The van der Waals surface area contributed by atoms with E-state index in [2.05, 4.69) is 46.5 Å². The maximum Gasteiger partial charge on any atom is 0.220 e. The predicted octanol–water partition coefficient (Wildman–Crippen LogP) is 3.23. The molecule has 1 aliphatic heterocycles. The summed E-state index contributed by atoms with van der Waals surface area (Å²) in [5, 5.41) is 6.11. The van der Waals surface area contributed by atoms with Crippen LogP contribution >= 0.6 is 24.0 Å². The molecule has 1 heterocycles. The Morgan fingerprint density at radius 2 is 1.96 bits per heavy atom. The first-order valence-corrected chi connectivity index (χ1v) is 9.93. The number of halogens is 1. The van der Waals surface area contributed by atoms with Crippen LogP contribution in [0.2, 0.25) is 0 Å². The fourth-order valence-electron chi connectivity index (χ4n) is 3.46. The molecule has 2 rings (SSSR count). The van der Waals surface area contributed by atoms with Crippen molar-refractivity contribution in [3.05, 3.63) is 29.8 Å². The number of ether oxygens (including phenoxy) is 1. The number of para-hydroxylation sites is 1. The van der Waals surface area contributed by atoms with E-state index in [1.807, 2.05) is 19.2 Å². The largest absolute Gasteiger partial charge is 0.491 e. The summed E-state index contributed by atoms with van der Waals surface area (Å²) in [5.74, 6) is 2.91. The molecule has 0 radical (unpaired) electrons. The van der Waals surface area contributed by atoms with E-state index >= 15 is 0 Å². The van der Waals surface area contributed by atoms with Crippen LogP contribution in [0, 0.1) is 5.92 Å². The van der Waals surface area contributed by atoms with Gasteiger partial charge in [-0.3, -0.25) is 9.79 Å². The zero-order valence-corrected chi connectivity index (χ0v) is 19.9. The number of hydrogen-bond acceptors (Lipinski definition) is 3. The molecule has 7 heteroatoms. The Morgan fingerprint density at radius 3 is 2.57 bits per heavy atom. The van der Waals surface area contributed by atoms with Gasteiger partial charge < -0.3 is 20.3 Å². The van der Waals surface area contributed by atoms with Crippen LogP contribution in [0.25, 0.3) is 0 Å². The number of amides is 1. The molecule has 1 fully saturated rings. The third-order valence-electron chi connectivity index (χ3n) is 5.06. The molecule has 0 spiro atoms. The first-order valence-electron chi connectivity index (χ1n) is 9.93. The van der Waals surface area contributed by atoms with E-state index in [4.69, 9.17) is 4.74 Å². The van der Waals surface area contributed by atoms with Crippen LogP contribution in [-0.2, 0) is 4.79 Å². The maximum absolute atomic E-state index is 11.5. The van der Waals surface area contributed by atoms with E-state index in [9.17, 15) is 4.79 Å². The van der Waals surface area contributed by atoms with Gasteiger partial charge >= 0.3 is 0 Å². The number of rotatable bonds is 7. The molecule has 0 aliphatic carbocycles. The maximum atomic E-state index is 11.5. The zero-order valence-electron chi connectivity index (χ0n) is 17.5. The summed E-state index contributed by atoms with van der Waals surface area (Å²) in [7, 11) is 3.51. The van der Waals surface area contributed by atoms with E-state index in [0.717, 1.165) is 37.6 Å². The molecular weight excluding hydrogens is 467 g/mol. The van der Waals surface area contributed by atoms with Gasteiger partial charge in [0.05, 0.1) is 6.54 Å². The third kappa shape index (κ3) is 7.48. The van der Waals surface area contributed by atoms with Crippen molar-refractivity contribution in [1.29, 1.82) is 0 Å². The highest BCUT2D eigenvalue weighted by atomic mass is 127. The summed E-state index contributed by atoms with van der Waals surface area (Å²) in [5.41, 5.74) is 1.24. The van der Waals surface area contributed by atoms with Gasteiger partial charge in [-0.1, -0.05) is 32.0 Å². The van der Waals surface area contributed by atoms with Crippen molar-refractivity contribution < 1.29 is 9.53 Å². The fourth-order valence-corrected chi connectivity index (χ4v) is 3.46. The number of aliphatic imine (C=N–C) groups is 1. The fraction of sp³-hybridized carbons (Fsp3) is 0.619. The lowest BCUT2D eigenvalue weighted by molar-refractivity contribution is -0.121. The number of carbonyl (C=O) groups is 1. The normalized spacial score (nSPS) is 15.2. The molecule has 6 nitrogen and oxygen atoms in total. The zero-order chi connectivity index (χ0) is 19.6. The summed E-state index contributed by atoms with van der Waals surface area (Å²) in [4.78, 5) is 18.2. The van der Waals surface area contributed by atoms with Crippen molar-refractivity contribution in [3.8, 4) is 5.75 Å². The van der Waals surface area contributed by atoms with Crippen LogP contribution < -0.4 is 15.4 Å². The molecule has 1 aromatic rings. The third-order valence-corrected chi connectivity index (χ3v) is 5.06. The van der Waals surface area contributed by atoms with E-state index < -0.39 is 0 Å². The number of nitrogens with zero attached hydrogens (tertiary/aromatic N) is 2. The van der Waals surface area contributed by atoms with Gasteiger partial charge in [0.25, 0.3) is 0 Å². The standard InChI is InChI=1S/C21H34N4O2.HI/c1-16(2)18-7-5-6-8-19(18)27-14-11-24-21(23-4)25-12-9-17(10-13-25)15-20(26)22-3;/h5-8,16-17H,9-15H2,1-4H3,(H,22,26)(H,23,24);1H. The number of piperidine rings is 1. The monoisotopic (exact) mass is 502 g/mol. The van der Waals surface area contributed by atoms with Crippen molar-refractivity contribution >= 4 is 35.8 Å². The quantitative estimate of drug-likeness (QED) is 0.260. The Morgan fingerprint density at radius 1 is 1.29 bits per heavy atom. The first-order chi connectivity index (χ1) is 13.0. The second-order valence-corrected chi connectivity index (χ2v) is 7.32. The molecule has 0 aromatic heterocycles. The number of benzene rings is 1. The van der Waals surface area contributed by atoms with Gasteiger partial charge in [0.15, 0.2) is 5.96 Å². The number of nitrogens with one attached hydrogen (secondary N) is 2. The van der Waals surface area contributed by atoms with Crippen molar-refractivity contribution in [1.82, 2.24) is 15.5 Å². The minimum absolute atomic E-state index is 0. The van der Waals surface area contributed by atoms with Crippen molar-refractivity contribution in [2.75, 3.05) is 40.3 Å². The van der Waals surface area contributed by atoms with E-state index in [-0.39, 0.29) is 29.9 Å². The Hall–Kier alpha value is -1.51. The highest BCUT2D eigenvalue weighted by Crippen LogP contribution is 2.25. The van der Waals surface area contributed by atoms with Gasteiger partial charge in [0.2, 0.25) is 5.91 Å². The smallest absolute Gasteiger partial charge is 0.220 e. The second-order valence-electron chi connectivity index (χ2n) is 7.32. The summed E-state index contributed by atoms with van der Waals surface area (Å²) < 4.78 is 5.97. The molecule has 0 atom stereocenters. The van der Waals surface area contributed by atoms with Crippen LogP contribution in [-0.4, -0.2) is 57.1 Å². The van der Waals surface area contributed by atoms with Crippen LogP contribution in [0.4, 0.5) is 0 Å². The van der Waals surface area contributed by atoms with Crippen LogP contribution in [0.1, 0.15) is 44.6 Å². The van der Waals surface area contributed by atoms with Crippen molar-refractivity contribution in [2.45, 2.75) is 39.0 Å². The topological polar surface area (TPSA) is 66.0 Å². The lowest BCUT2D eigenvalue weighted by atomic mass is 9.93. The number of guanidine groups is 1. The van der Waals surface area contributed by atoms with Crippen LogP contribution in [0.5, 0.6) is 5.75 Å². The number of hydrogen-bond donors (Lipinski definition) is 2. The highest BCUT2D eigenvalue weighted by Gasteiger charge is 2.22. The molecule has 0 unspecified atom stereocenters. The number of likely N-dealkylation sites (tertiary alicyclic amines) is 1. The Labute approximate surface area is 186 Å². The van der Waals surface area contributed by atoms with Gasteiger partial charge in [-0.05, 0) is 36.3 Å². The first kappa shape index (κ1) is 24.5. The minimum atomic E-state index is 0. The van der Waals surface area contributed by atoms with Crippen molar-refractivity contribution in [3.63, 3.8) is 0 Å². The Balaban J connectivity index is 0.00000392. The minimum Gasteiger partial charge on any atom is -0.491 e. The molecule has 1 aliphatic rings. The summed E-state index contributed by atoms with van der Waals surface area (Å²) in [6, 6.07) is 8.21. The van der Waals surface area contributed by atoms with E-state index in [1.54, 1.807) is 7.05 Å².